The van der Waals surface area contributed by atoms with Crippen molar-refractivity contribution in [3.63, 3.8) is 0 Å². The average Bonchev–Trinajstić information content (AvgIpc) is 2.27. The molecule has 1 N–H and O–H groups in total. The van der Waals surface area contributed by atoms with Crippen molar-refractivity contribution < 1.29 is 9.47 Å². The third-order valence-electron chi connectivity index (χ3n) is 2.73. The van der Waals surface area contributed by atoms with Crippen LogP contribution in [0.2, 0.25) is 5.02 Å². The molecule has 0 bridgehead atoms. The molecule has 0 amide bonds. The number of hydrogen-bond acceptors (Lipinski definition) is 3. The molecular formula is C14H20ClNO2. The lowest BCUT2D eigenvalue weighted by atomic mass is 10.1. The molecule has 18 heavy (non-hydrogen) atoms. The summed E-state index contributed by atoms with van der Waals surface area (Å²) < 4.78 is 11.1. The van der Waals surface area contributed by atoms with E-state index in [0.29, 0.717) is 24.0 Å². The minimum atomic E-state index is 0.137. The zero-order chi connectivity index (χ0) is 13.2. The Kier molecular flexibility index (Phi) is 4.03. The number of hydrogen-bond donors (Lipinski definition) is 1. The van der Waals surface area contributed by atoms with Gasteiger partial charge in [0.25, 0.3) is 0 Å². The van der Waals surface area contributed by atoms with Crippen LogP contribution in [-0.4, -0.2) is 25.3 Å². The fourth-order valence-electron chi connectivity index (χ4n) is 1.89. The molecule has 1 aromatic carbocycles. The van der Waals surface area contributed by atoms with Crippen LogP contribution in [0.4, 0.5) is 0 Å². The van der Waals surface area contributed by atoms with E-state index in [9.17, 15) is 0 Å². The van der Waals surface area contributed by atoms with E-state index in [1.165, 1.54) is 5.56 Å². The van der Waals surface area contributed by atoms with E-state index in [-0.39, 0.29) is 5.54 Å². The largest absolute Gasteiger partial charge is 0.486 e. The van der Waals surface area contributed by atoms with Crippen molar-refractivity contribution in [2.75, 3.05) is 19.8 Å². The highest BCUT2D eigenvalue weighted by atomic mass is 35.5. The molecule has 1 heterocycles. The van der Waals surface area contributed by atoms with Crippen molar-refractivity contribution in [2.24, 2.45) is 0 Å². The number of halogens is 1. The summed E-state index contributed by atoms with van der Waals surface area (Å²) in [5.74, 6) is 1.44. The van der Waals surface area contributed by atoms with Crippen molar-refractivity contribution in [3.05, 3.63) is 22.7 Å². The first kappa shape index (κ1) is 13.5. The highest BCUT2D eigenvalue weighted by Gasteiger charge is 2.16. The first-order valence-corrected chi connectivity index (χ1v) is 6.66. The molecule has 0 spiro atoms. The Bertz CT molecular complexity index is 427. The third kappa shape index (κ3) is 3.53. The first-order valence-electron chi connectivity index (χ1n) is 6.29. The molecule has 1 aliphatic heterocycles. The summed E-state index contributed by atoms with van der Waals surface area (Å²) in [6.07, 6.45) is 0.924. The number of rotatable bonds is 3. The van der Waals surface area contributed by atoms with Crippen LogP contribution < -0.4 is 14.8 Å². The van der Waals surface area contributed by atoms with E-state index in [2.05, 4.69) is 26.1 Å². The van der Waals surface area contributed by atoms with E-state index >= 15 is 0 Å². The van der Waals surface area contributed by atoms with Gasteiger partial charge in [-0.05, 0) is 51.4 Å². The normalized spacial score (nSPS) is 14.7. The summed E-state index contributed by atoms with van der Waals surface area (Å²) in [6, 6.07) is 3.98. The molecule has 0 radical (unpaired) electrons. The summed E-state index contributed by atoms with van der Waals surface area (Å²) in [4.78, 5) is 0. The maximum atomic E-state index is 6.19. The van der Waals surface area contributed by atoms with Gasteiger partial charge in [0, 0.05) is 5.54 Å². The monoisotopic (exact) mass is 269 g/mol. The molecule has 0 aromatic heterocycles. The van der Waals surface area contributed by atoms with Gasteiger partial charge in [0.05, 0.1) is 5.02 Å². The SMILES string of the molecule is CC(C)(C)NCCc1cc(Cl)c2c(c1)OCCO2. The highest BCUT2D eigenvalue weighted by molar-refractivity contribution is 6.32. The lowest BCUT2D eigenvalue weighted by Crippen LogP contribution is -2.37. The first-order chi connectivity index (χ1) is 8.46. The lowest BCUT2D eigenvalue weighted by molar-refractivity contribution is 0.171. The number of nitrogens with one attached hydrogen (secondary N) is 1. The summed E-state index contributed by atoms with van der Waals surface area (Å²) in [6.45, 7) is 8.54. The molecule has 0 saturated carbocycles. The topological polar surface area (TPSA) is 30.5 Å². The maximum absolute atomic E-state index is 6.19. The molecule has 0 fully saturated rings. The summed E-state index contributed by atoms with van der Waals surface area (Å²) >= 11 is 6.19. The number of fused-ring (bicyclic) bond motifs is 1. The lowest BCUT2D eigenvalue weighted by Gasteiger charge is -2.22. The molecule has 1 aromatic rings. The van der Waals surface area contributed by atoms with Crippen molar-refractivity contribution in [1.29, 1.82) is 0 Å². The minimum Gasteiger partial charge on any atom is -0.486 e. The Morgan fingerprint density at radius 3 is 2.67 bits per heavy atom. The van der Waals surface area contributed by atoms with Gasteiger partial charge in [-0.15, -0.1) is 0 Å². The predicted octanol–water partition coefficient (Wildman–Crippen LogP) is 3.04. The molecule has 0 unspecified atom stereocenters. The molecule has 0 aliphatic carbocycles. The van der Waals surface area contributed by atoms with Gasteiger partial charge in [0.1, 0.15) is 13.2 Å². The van der Waals surface area contributed by atoms with Crippen LogP contribution in [0.5, 0.6) is 11.5 Å². The van der Waals surface area contributed by atoms with Gasteiger partial charge in [-0.2, -0.15) is 0 Å². The van der Waals surface area contributed by atoms with Crippen LogP contribution in [0.25, 0.3) is 0 Å². The van der Waals surface area contributed by atoms with Crippen LogP contribution in [0.1, 0.15) is 26.3 Å². The van der Waals surface area contributed by atoms with Crippen LogP contribution in [0.3, 0.4) is 0 Å². The van der Waals surface area contributed by atoms with Crippen LogP contribution >= 0.6 is 11.6 Å². The zero-order valence-electron chi connectivity index (χ0n) is 11.2. The number of benzene rings is 1. The molecule has 4 heteroatoms. The van der Waals surface area contributed by atoms with Gasteiger partial charge >= 0.3 is 0 Å². The molecule has 0 atom stereocenters. The van der Waals surface area contributed by atoms with E-state index in [0.717, 1.165) is 18.7 Å². The van der Waals surface area contributed by atoms with Gasteiger partial charge in [-0.25, -0.2) is 0 Å². The third-order valence-corrected chi connectivity index (χ3v) is 3.01. The molecule has 100 valence electrons. The molecular weight excluding hydrogens is 250 g/mol. The average molecular weight is 270 g/mol. The van der Waals surface area contributed by atoms with Gasteiger partial charge in [-0.1, -0.05) is 11.6 Å². The van der Waals surface area contributed by atoms with Crippen LogP contribution in [-0.2, 0) is 6.42 Å². The van der Waals surface area contributed by atoms with E-state index in [1.54, 1.807) is 0 Å². The van der Waals surface area contributed by atoms with E-state index in [4.69, 9.17) is 21.1 Å². The smallest absolute Gasteiger partial charge is 0.179 e. The van der Waals surface area contributed by atoms with E-state index < -0.39 is 0 Å². The second kappa shape index (κ2) is 5.37. The van der Waals surface area contributed by atoms with E-state index in [1.807, 2.05) is 12.1 Å². The Labute approximate surface area is 113 Å². The fraction of sp³-hybridized carbons (Fsp3) is 0.571. The van der Waals surface area contributed by atoms with Gasteiger partial charge in [0.15, 0.2) is 11.5 Å². The van der Waals surface area contributed by atoms with Crippen molar-refractivity contribution in [3.8, 4) is 11.5 Å². The summed E-state index contributed by atoms with van der Waals surface area (Å²) in [7, 11) is 0. The summed E-state index contributed by atoms with van der Waals surface area (Å²) in [5, 5.41) is 4.09. The second-order valence-electron chi connectivity index (χ2n) is 5.53. The fourth-order valence-corrected chi connectivity index (χ4v) is 2.18. The summed E-state index contributed by atoms with van der Waals surface area (Å²) in [5.41, 5.74) is 1.30. The molecule has 2 rings (SSSR count). The van der Waals surface area contributed by atoms with Gasteiger partial charge in [-0.3, -0.25) is 0 Å². The van der Waals surface area contributed by atoms with Gasteiger partial charge in [0.2, 0.25) is 0 Å². The van der Waals surface area contributed by atoms with Crippen molar-refractivity contribution >= 4 is 11.6 Å². The standard InChI is InChI=1S/C14H20ClNO2/c1-14(2,3)16-5-4-10-8-11(15)13-12(9-10)17-6-7-18-13/h8-9,16H,4-7H2,1-3H3. The van der Waals surface area contributed by atoms with Gasteiger partial charge < -0.3 is 14.8 Å². The Morgan fingerprint density at radius 1 is 1.22 bits per heavy atom. The minimum absolute atomic E-state index is 0.137. The number of ether oxygens (including phenoxy) is 2. The molecule has 1 aliphatic rings. The van der Waals surface area contributed by atoms with Crippen molar-refractivity contribution in [2.45, 2.75) is 32.7 Å². The van der Waals surface area contributed by atoms with Crippen LogP contribution in [0, 0.1) is 0 Å². The zero-order valence-corrected chi connectivity index (χ0v) is 11.9. The quantitative estimate of drug-likeness (QED) is 0.915. The van der Waals surface area contributed by atoms with Crippen molar-refractivity contribution in [1.82, 2.24) is 5.32 Å². The highest BCUT2D eigenvalue weighted by Crippen LogP contribution is 2.38. The second-order valence-corrected chi connectivity index (χ2v) is 5.94. The Hall–Kier alpha value is -0.930. The molecule has 0 saturated heterocycles. The molecule has 3 nitrogen and oxygen atoms in total. The maximum Gasteiger partial charge on any atom is 0.179 e. The Balaban J connectivity index is 2.03. The predicted molar refractivity (Wildman–Crippen MR) is 73.9 cm³/mol. The van der Waals surface area contributed by atoms with Crippen LogP contribution in [0.15, 0.2) is 12.1 Å². The Morgan fingerprint density at radius 2 is 1.94 bits per heavy atom.